The molecule has 30 heavy (non-hydrogen) atoms. The molecule has 0 spiro atoms. The van der Waals surface area contributed by atoms with Crippen molar-refractivity contribution in [2.75, 3.05) is 7.11 Å². The largest absolute Gasteiger partial charge is 0.493 e. The number of amides is 1. The van der Waals surface area contributed by atoms with E-state index in [0.717, 1.165) is 12.1 Å². The van der Waals surface area contributed by atoms with Gasteiger partial charge >= 0.3 is 6.18 Å². The summed E-state index contributed by atoms with van der Waals surface area (Å²) in [5.74, 6) is -0.241. The number of hydrazine groups is 1. The number of halogens is 4. The second-order valence-corrected chi connectivity index (χ2v) is 8.32. The molecule has 7 nitrogen and oxygen atoms in total. The van der Waals surface area contributed by atoms with Gasteiger partial charge in [-0.25, -0.2) is 8.42 Å². The molecule has 164 valence electrons. The van der Waals surface area contributed by atoms with Crippen molar-refractivity contribution in [3.05, 3.63) is 52.5 Å². The Morgan fingerprint density at radius 2 is 1.77 bits per heavy atom. The number of rotatable bonds is 7. The van der Waals surface area contributed by atoms with Gasteiger partial charge in [0.2, 0.25) is 0 Å². The predicted octanol–water partition coefficient (Wildman–Crippen LogP) is 3.78. The zero-order chi connectivity index (χ0) is 22.7. The van der Waals surface area contributed by atoms with E-state index in [1.54, 1.807) is 18.7 Å². The van der Waals surface area contributed by atoms with Crippen LogP contribution in [0.2, 0.25) is 5.02 Å². The number of carbonyl (C=O) groups is 1. The van der Waals surface area contributed by atoms with Gasteiger partial charge in [0.1, 0.15) is 0 Å². The van der Waals surface area contributed by atoms with Gasteiger partial charge < -0.3 is 9.47 Å². The molecule has 2 aromatic rings. The highest BCUT2D eigenvalue weighted by molar-refractivity contribution is 7.89. The predicted molar refractivity (Wildman–Crippen MR) is 103 cm³/mol. The summed E-state index contributed by atoms with van der Waals surface area (Å²) < 4.78 is 74.0. The monoisotopic (exact) mass is 466 g/mol. The van der Waals surface area contributed by atoms with Crippen LogP contribution in [0.15, 0.2) is 41.3 Å². The molecular weight excluding hydrogens is 449 g/mol. The maximum absolute atomic E-state index is 12.9. The molecule has 2 rings (SSSR count). The fourth-order valence-corrected chi connectivity index (χ4v) is 3.38. The molecule has 0 fully saturated rings. The van der Waals surface area contributed by atoms with Gasteiger partial charge in [-0.15, -0.1) is 4.83 Å². The van der Waals surface area contributed by atoms with E-state index in [0.29, 0.717) is 11.8 Å². The first kappa shape index (κ1) is 23.8. The smallest absolute Gasteiger partial charge is 0.417 e. The number of carbonyl (C=O) groups excluding carboxylic acids is 1. The number of alkyl halides is 3. The lowest BCUT2D eigenvalue weighted by Gasteiger charge is -2.15. The van der Waals surface area contributed by atoms with Crippen molar-refractivity contribution in [1.29, 1.82) is 0 Å². The SMILES string of the molecule is COc1cc(C(=O)NNS(=O)(=O)c2ccc(Cl)c(C(F)(F)F)c2)ccc1OC(C)C. The standard InChI is InChI=1S/C18H18ClF3N2O5S/c1-10(2)29-15-7-4-11(8-16(15)28-3)17(25)23-24-30(26,27)12-5-6-14(19)13(9-12)18(20,21)22/h4-10,24H,1-3H3,(H,23,25). The number of benzene rings is 2. The van der Waals surface area contributed by atoms with Crippen LogP contribution in [-0.4, -0.2) is 27.5 Å². The highest BCUT2D eigenvalue weighted by Gasteiger charge is 2.34. The number of hydrogen-bond acceptors (Lipinski definition) is 5. The van der Waals surface area contributed by atoms with Crippen molar-refractivity contribution in [2.45, 2.75) is 31.0 Å². The van der Waals surface area contributed by atoms with Crippen LogP contribution >= 0.6 is 11.6 Å². The van der Waals surface area contributed by atoms with Crippen molar-refractivity contribution >= 4 is 27.5 Å². The molecule has 0 unspecified atom stereocenters. The number of hydrogen-bond donors (Lipinski definition) is 2. The first-order chi connectivity index (χ1) is 13.8. The second kappa shape index (κ2) is 9.11. The third-order valence-electron chi connectivity index (χ3n) is 3.64. The zero-order valence-electron chi connectivity index (χ0n) is 16.0. The topological polar surface area (TPSA) is 93.7 Å². The zero-order valence-corrected chi connectivity index (χ0v) is 17.6. The molecule has 0 aliphatic heterocycles. The molecule has 12 heteroatoms. The summed E-state index contributed by atoms with van der Waals surface area (Å²) in [6.07, 6.45) is -4.99. The molecule has 0 atom stereocenters. The summed E-state index contributed by atoms with van der Waals surface area (Å²) in [4.78, 5) is 13.3. The minimum atomic E-state index is -4.85. The molecule has 0 saturated heterocycles. The van der Waals surface area contributed by atoms with Gasteiger partial charge in [-0.2, -0.15) is 13.2 Å². The summed E-state index contributed by atoms with van der Waals surface area (Å²) in [6, 6.07) is 6.22. The molecule has 2 aromatic carbocycles. The van der Waals surface area contributed by atoms with Crippen LogP contribution in [0.1, 0.15) is 29.8 Å². The summed E-state index contributed by atoms with van der Waals surface area (Å²) >= 11 is 5.48. The lowest BCUT2D eigenvalue weighted by molar-refractivity contribution is -0.137. The van der Waals surface area contributed by atoms with Crippen molar-refractivity contribution < 1.29 is 35.9 Å². The third kappa shape index (κ3) is 5.77. The van der Waals surface area contributed by atoms with Gasteiger partial charge in [0.05, 0.1) is 28.7 Å². The lowest BCUT2D eigenvalue weighted by Crippen LogP contribution is -2.41. The van der Waals surface area contributed by atoms with Gasteiger partial charge in [0, 0.05) is 5.56 Å². The van der Waals surface area contributed by atoms with Crippen LogP contribution in [0.25, 0.3) is 0 Å². The van der Waals surface area contributed by atoms with Crippen LogP contribution in [0, 0.1) is 0 Å². The van der Waals surface area contributed by atoms with E-state index in [9.17, 15) is 26.4 Å². The lowest BCUT2D eigenvalue weighted by atomic mass is 10.2. The van der Waals surface area contributed by atoms with Crippen molar-refractivity contribution in [1.82, 2.24) is 10.3 Å². The fourth-order valence-electron chi connectivity index (χ4n) is 2.29. The highest BCUT2D eigenvalue weighted by Crippen LogP contribution is 2.36. The van der Waals surface area contributed by atoms with Gasteiger partial charge in [0.15, 0.2) is 11.5 Å². The van der Waals surface area contributed by atoms with E-state index in [-0.39, 0.29) is 17.4 Å². The van der Waals surface area contributed by atoms with E-state index >= 15 is 0 Å². The quantitative estimate of drug-likeness (QED) is 0.606. The average molecular weight is 467 g/mol. The Morgan fingerprint density at radius 3 is 2.33 bits per heavy atom. The number of nitrogens with one attached hydrogen (secondary N) is 2. The van der Waals surface area contributed by atoms with Crippen LogP contribution in [0.4, 0.5) is 13.2 Å². The molecular formula is C18H18ClF3N2O5S. The van der Waals surface area contributed by atoms with E-state index < -0.39 is 37.6 Å². The van der Waals surface area contributed by atoms with Crippen LogP contribution in [0.3, 0.4) is 0 Å². The van der Waals surface area contributed by atoms with E-state index in [1.807, 2.05) is 5.43 Å². The molecule has 0 aromatic heterocycles. The molecule has 2 N–H and O–H groups in total. The van der Waals surface area contributed by atoms with Gasteiger partial charge in [0.25, 0.3) is 15.9 Å². The molecule has 0 aliphatic rings. The maximum Gasteiger partial charge on any atom is 0.417 e. The first-order valence-corrected chi connectivity index (χ1v) is 10.2. The number of sulfonamides is 1. The molecule has 0 radical (unpaired) electrons. The maximum atomic E-state index is 12.9. The van der Waals surface area contributed by atoms with Crippen molar-refractivity contribution in [3.8, 4) is 11.5 Å². The Bertz CT molecular complexity index is 1040. The van der Waals surface area contributed by atoms with Gasteiger partial charge in [-0.1, -0.05) is 11.6 Å². The van der Waals surface area contributed by atoms with E-state index in [2.05, 4.69) is 0 Å². The Hall–Kier alpha value is -2.50. The minimum absolute atomic E-state index is 0.0257. The first-order valence-electron chi connectivity index (χ1n) is 8.38. The number of methoxy groups -OCH3 is 1. The van der Waals surface area contributed by atoms with Gasteiger partial charge in [-0.3, -0.25) is 10.2 Å². The molecule has 0 aliphatic carbocycles. The average Bonchev–Trinajstić information content (AvgIpc) is 2.65. The summed E-state index contributed by atoms with van der Waals surface area (Å²) in [7, 11) is -3.13. The Morgan fingerprint density at radius 1 is 1.10 bits per heavy atom. The van der Waals surface area contributed by atoms with Crippen LogP contribution < -0.4 is 19.7 Å². The summed E-state index contributed by atoms with van der Waals surface area (Å²) in [6.45, 7) is 3.60. The van der Waals surface area contributed by atoms with Crippen molar-refractivity contribution in [2.24, 2.45) is 0 Å². The Balaban J connectivity index is 2.19. The Kier molecular flexibility index (Phi) is 7.22. The third-order valence-corrected chi connectivity index (χ3v) is 5.22. The normalized spacial score (nSPS) is 12.0. The Labute approximate surface area is 176 Å². The molecule has 0 saturated carbocycles. The minimum Gasteiger partial charge on any atom is -0.493 e. The van der Waals surface area contributed by atoms with Crippen LogP contribution in [0.5, 0.6) is 11.5 Å². The number of ether oxygens (including phenoxy) is 2. The highest BCUT2D eigenvalue weighted by atomic mass is 35.5. The van der Waals surface area contributed by atoms with Gasteiger partial charge in [-0.05, 0) is 50.2 Å². The molecule has 0 bridgehead atoms. The molecule has 0 heterocycles. The van der Waals surface area contributed by atoms with Crippen molar-refractivity contribution in [3.63, 3.8) is 0 Å². The molecule has 1 amide bonds. The summed E-state index contributed by atoms with van der Waals surface area (Å²) in [5, 5.41) is -0.652. The fraction of sp³-hybridized carbons (Fsp3) is 0.278. The van der Waals surface area contributed by atoms with E-state index in [4.69, 9.17) is 21.1 Å². The van der Waals surface area contributed by atoms with Crippen LogP contribution in [-0.2, 0) is 16.2 Å². The second-order valence-electron chi connectivity index (χ2n) is 6.23. The summed E-state index contributed by atoms with van der Waals surface area (Å²) in [5.41, 5.74) is 0.644. The van der Waals surface area contributed by atoms with E-state index in [1.165, 1.54) is 25.3 Å².